The molecule has 2 N–H and O–H groups in total. The third kappa shape index (κ3) is 2.26. The first-order chi connectivity index (χ1) is 6.70. The molecule has 14 heavy (non-hydrogen) atoms. The quantitative estimate of drug-likeness (QED) is 0.775. The highest BCUT2D eigenvalue weighted by Crippen LogP contribution is 2.22. The molecule has 0 bridgehead atoms. The molecule has 4 heteroatoms. The molecule has 0 fully saturated rings. The second-order valence-electron chi connectivity index (χ2n) is 3.61. The van der Waals surface area contributed by atoms with Crippen LogP contribution in [0.3, 0.4) is 0 Å². The zero-order valence-corrected chi connectivity index (χ0v) is 9.16. The maximum Gasteiger partial charge on any atom is 0.214 e. The zero-order valence-electron chi connectivity index (χ0n) is 9.16. The maximum absolute atomic E-state index is 5.47. The van der Waals surface area contributed by atoms with E-state index in [4.69, 9.17) is 10.5 Å². The normalized spacial score (nSPS) is 10.9. The number of nitrogens with two attached hydrogens (primary N) is 1. The zero-order chi connectivity index (χ0) is 10.6. The molecule has 0 aliphatic rings. The summed E-state index contributed by atoms with van der Waals surface area (Å²) in [4.78, 5) is 0. The highest BCUT2D eigenvalue weighted by Gasteiger charge is 2.12. The topological polar surface area (TPSA) is 53.1 Å². The number of hydrogen-bond donors (Lipinski definition) is 1. The summed E-state index contributed by atoms with van der Waals surface area (Å²) in [5.74, 6) is 0.869. The van der Waals surface area contributed by atoms with Gasteiger partial charge >= 0.3 is 0 Å². The summed E-state index contributed by atoms with van der Waals surface area (Å²) in [6.45, 7) is 4.88. The van der Waals surface area contributed by atoms with E-state index < -0.39 is 0 Å². The van der Waals surface area contributed by atoms with Gasteiger partial charge in [-0.15, -0.1) is 0 Å². The Balaban J connectivity index is 2.84. The molecule has 0 amide bonds. The van der Waals surface area contributed by atoms with Gasteiger partial charge in [-0.3, -0.25) is 0 Å². The number of rotatable bonds is 5. The van der Waals surface area contributed by atoms with Gasteiger partial charge in [-0.2, -0.15) is 5.10 Å². The summed E-state index contributed by atoms with van der Waals surface area (Å²) in [5, 5.41) is 4.29. The van der Waals surface area contributed by atoms with Crippen LogP contribution in [-0.4, -0.2) is 23.4 Å². The van der Waals surface area contributed by atoms with Crippen molar-refractivity contribution in [3.8, 4) is 5.88 Å². The van der Waals surface area contributed by atoms with Crippen LogP contribution >= 0.6 is 0 Å². The summed E-state index contributed by atoms with van der Waals surface area (Å²) >= 11 is 0. The van der Waals surface area contributed by atoms with Gasteiger partial charge in [0, 0.05) is 5.56 Å². The van der Waals surface area contributed by atoms with Gasteiger partial charge in [-0.25, -0.2) is 4.68 Å². The molecule has 1 heterocycles. The molecule has 0 unspecified atom stereocenters. The first-order valence-corrected chi connectivity index (χ1v) is 5.01. The van der Waals surface area contributed by atoms with E-state index in [1.165, 1.54) is 0 Å². The van der Waals surface area contributed by atoms with E-state index in [2.05, 4.69) is 18.9 Å². The number of nitrogens with zero attached hydrogens (tertiary/aromatic N) is 2. The minimum atomic E-state index is 0.330. The minimum Gasteiger partial charge on any atom is -0.481 e. The molecule has 1 aromatic heterocycles. The van der Waals surface area contributed by atoms with Crippen molar-refractivity contribution >= 4 is 0 Å². The smallest absolute Gasteiger partial charge is 0.214 e. The summed E-state index contributed by atoms with van der Waals surface area (Å²) in [6, 6.07) is 0.330. The van der Waals surface area contributed by atoms with Crippen molar-refractivity contribution < 1.29 is 4.74 Å². The van der Waals surface area contributed by atoms with Gasteiger partial charge in [0.05, 0.1) is 19.3 Å². The Labute approximate surface area is 85.0 Å². The number of methoxy groups -OCH3 is 1. The Kier molecular flexibility index (Phi) is 3.95. The van der Waals surface area contributed by atoms with E-state index in [0.29, 0.717) is 12.6 Å². The van der Waals surface area contributed by atoms with Gasteiger partial charge in [0.2, 0.25) is 5.88 Å². The highest BCUT2D eigenvalue weighted by molar-refractivity contribution is 5.24. The summed E-state index contributed by atoms with van der Waals surface area (Å²) in [6.07, 6.45) is 3.78. The first-order valence-electron chi connectivity index (χ1n) is 5.01. The fourth-order valence-corrected chi connectivity index (χ4v) is 1.44. The van der Waals surface area contributed by atoms with Crippen LogP contribution in [0.15, 0.2) is 6.20 Å². The summed E-state index contributed by atoms with van der Waals surface area (Å²) < 4.78 is 7.23. The van der Waals surface area contributed by atoms with Gasteiger partial charge in [0.25, 0.3) is 0 Å². The molecule has 1 aromatic rings. The van der Waals surface area contributed by atoms with Crippen LogP contribution in [0.25, 0.3) is 0 Å². The van der Waals surface area contributed by atoms with Gasteiger partial charge < -0.3 is 10.5 Å². The molecule has 0 aliphatic heterocycles. The number of hydrogen-bond acceptors (Lipinski definition) is 3. The predicted molar refractivity (Wildman–Crippen MR) is 56.5 cm³/mol. The van der Waals surface area contributed by atoms with E-state index in [-0.39, 0.29) is 0 Å². The Bertz CT molecular complexity index is 281. The standard InChI is InChI=1S/C10H19N3O/c1-8(2)13-10(14-3)9(7-12-13)5-4-6-11/h7-8H,4-6,11H2,1-3H3. The van der Waals surface area contributed by atoms with Crippen molar-refractivity contribution in [2.75, 3.05) is 13.7 Å². The third-order valence-electron chi connectivity index (χ3n) is 2.15. The lowest BCUT2D eigenvalue weighted by Gasteiger charge is -2.10. The van der Waals surface area contributed by atoms with Gasteiger partial charge in [-0.05, 0) is 33.2 Å². The predicted octanol–water partition coefficient (Wildman–Crippen LogP) is 1.36. The average molecular weight is 197 g/mol. The van der Waals surface area contributed by atoms with Crippen molar-refractivity contribution in [2.24, 2.45) is 5.73 Å². The Morgan fingerprint density at radius 2 is 2.29 bits per heavy atom. The van der Waals surface area contributed by atoms with Crippen molar-refractivity contribution in [1.82, 2.24) is 9.78 Å². The van der Waals surface area contributed by atoms with E-state index in [1.54, 1.807) is 7.11 Å². The molecule has 4 nitrogen and oxygen atoms in total. The SMILES string of the molecule is COc1c(CCCN)cnn1C(C)C. The minimum absolute atomic E-state index is 0.330. The molecular formula is C10H19N3O. The second kappa shape index (κ2) is 5.00. The van der Waals surface area contributed by atoms with E-state index in [0.717, 1.165) is 24.3 Å². The average Bonchev–Trinajstić information content (AvgIpc) is 2.57. The molecule has 1 rings (SSSR count). The lowest BCUT2D eigenvalue weighted by atomic mass is 10.2. The van der Waals surface area contributed by atoms with Crippen molar-refractivity contribution in [3.05, 3.63) is 11.8 Å². The fourth-order valence-electron chi connectivity index (χ4n) is 1.44. The molecule has 0 aliphatic carbocycles. The van der Waals surface area contributed by atoms with Crippen LogP contribution in [-0.2, 0) is 6.42 Å². The summed E-state index contributed by atoms with van der Waals surface area (Å²) in [5.41, 5.74) is 6.61. The van der Waals surface area contributed by atoms with Crippen molar-refractivity contribution in [1.29, 1.82) is 0 Å². The summed E-state index contributed by atoms with van der Waals surface area (Å²) in [7, 11) is 1.68. The van der Waals surface area contributed by atoms with E-state index in [1.807, 2.05) is 10.9 Å². The largest absolute Gasteiger partial charge is 0.481 e. The lowest BCUT2D eigenvalue weighted by Crippen LogP contribution is -2.06. The van der Waals surface area contributed by atoms with Crippen LogP contribution in [0.1, 0.15) is 31.9 Å². The van der Waals surface area contributed by atoms with Crippen molar-refractivity contribution in [2.45, 2.75) is 32.7 Å². The Morgan fingerprint density at radius 3 is 2.79 bits per heavy atom. The van der Waals surface area contributed by atoms with Crippen LogP contribution in [0.2, 0.25) is 0 Å². The maximum atomic E-state index is 5.47. The van der Waals surface area contributed by atoms with Gasteiger partial charge in [0.15, 0.2) is 0 Å². The Morgan fingerprint density at radius 1 is 1.57 bits per heavy atom. The first kappa shape index (κ1) is 11.0. The molecule has 80 valence electrons. The monoisotopic (exact) mass is 197 g/mol. The molecule has 0 spiro atoms. The Hall–Kier alpha value is -1.03. The van der Waals surface area contributed by atoms with Crippen LogP contribution in [0.4, 0.5) is 0 Å². The molecule has 0 aromatic carbocycles. The van der Waals surface area contributed by atoms with Crippen molar-refractivity contribution in [3.63, 3.8) is 0 Å². The van der Waals surface area contributed by atoms with Crippen LogP contribution in [0, 0.1) is 0 Å². The second-order valence-corrected chi connectivity index (χ2v) is 3.61. The highest BCUT2D eigenvalue weighted by atomic mass is 16.5. The number of ether oxygens (including phenoxy) is 1. The van der Waals surface area contributed by atoms with Crippen LogP contribution < -0.4 is 10.5 Å². The lowest BCUT2D eigenvalue weighted by molar-refractivity contribution is 0.341. The van der Waals surface area contributed by atoms with Crippen LogP contribution in [0.5, 0.6) is 5.88 Å². The number of aromatic nitrogens is 2. The molecular weight excluding hydrogens is 178 g/mol. The third-order valence-corrected chi connectivity index (χ3v) is 2.15. The molecule has 0 atom stereocenters. The van der Waals surface area contributed by atoms with E-state index in [9.17, 15) is 0 Å². The van der Waals surface area contributed by atoms with E-state index >= 15 is 0 Å². The molecule has 0 saturated heterocycles. The fraction of sp³-hybridized carbons (Fsp3) is 0.700. The molecule has 0 radical (unpaired) electrons. The van der Waals surface area contributed by atoms with Gasteiger partial charge in [0.1, 0.15) is 0 Å². The molecule has 0 saturated carbocycles. The van der Waals surface area contributed by atoms with Gasteiger partial charge in [-0.1, -0.05) is 0 Å². The number of aryl methyl sites for hydroxylation is 1.